The van der Waals surface area contributed by atoms with Gasteiger partial charge in [0, 0.05) is 11.4 Å². The monoisotopic (exact) mass is 386 g/mol. The van der Waals surface area contributed by atoms with Crippen molar-refractivity contribution in [2.75, 3.05) is 11.6 Å². The third-order valence-electron chi connectivity index (χ3n) is 3.17. The molecule has 0 saturated heterocycles. The molecule has 0 spiro atoms. The number of carbonyl (C=O) groups excluding carboxylic acids is 1. The predicted octanol–water partition coefficient (Wildman–Crippen LogP) is 3.61. The fourth-order valence-corrected chi connectivity index (χ4v) is 3.18. The summed E-state index contributed by atoms with van der Waals surface area (Å²) < 4.78 is 25.6. The predicted molar refractivity (Wildman–Crippen MR) is 96.9 cm³/mol. The number of para-hydroxylation sites is 1. The number of hydrogen-bond donors (Lipinski definition) is 2. The second kappa shape index (κ2) is 7.98. The van der Waals surface area contributed by atoms with Gasteiger partial charge in [-0.05, 0) is 29.8 Å². The maximum atomic E-state index is 12.3. The normalized spacial score (nSPS) is 12.6. The fourth-order valence-electron chi connectivity index (χ4n) is 2.13. The van der Waals surface area contributed by atoms with Crippen LogP contribution in [0.3, 0.4) is 0 Å². The SMILES string of the molecule is CS(=O)(=O)NC(CC(=O)Nc1ccccc1Cl)c1ccc(Cl)cc1. The summed E-state index contributed by atoms with van der Waals surface area (Å²) in [6, 6.07) is 12.7. The molecule has 8 heteroatoms. The molecule has 0 saturated carbocycles. The van der Waals surface area contributed by atoms with E-state index in [1.807, 2.05) is 0 Å². The van der Waals surface area contributed by atoms with E-state index in [9.17, 15) is 13.2 Å². The van der Waals surface area contributed by atoms with Gasteiger partial charge >= 0.3 is 0 Å². The van der Waals surface area contributed by atoms with Gasteiger partial charge in [0.25, 0.3) is 0 Å². The van der Waals surface area contributed by atoms with Crippen molar-refractivity contribution < 1.29 is 13.2 Å². The number of nitrogens with one attached hydrogen (secondary N) is 2. The van der Waals surface area contributed by atoms with Crippen molar-refractivity contribution in [3.63, 3.8) is 0 Å². The molecule has 0 aliphatic heterocycles. The molecule has 2 N–H and O–H groups in total. The van der Waals surface area contributed by atoms with E-state index >= 15 is 0 Å². The van der Waals surface area contributed by atoms with Crippen molar-refractivity contribution in [3.8, 4) is 0 Å². The topological polar surface area (TPSA) is 75.3 Å². The van der Waals surface area contributed by atoms with Gasteiger partial charge in [-0.25, -0.2) is 13.1 Å². The number of amides is 1. The Hall–Kier alpha value is -1.60. The Bertz CT molecular complexity index is 823. The zero-order valence-corrected chi connectivity index (χ0v) is 15.1. The summed E-state index contributed by atoms with van der Waals surface area (Å²) in [5.41, 5.74) is 1.11. The maximum absolute atomic E-state index is 12.3. The highest BCUT2D eigenvalue weighted by Gasteiger charge is 2.20. The Morgan fingerprint density at radius 1 is 1.08 bits per heavy atom. The molecule has 5 nitrogen and oxygen atoms in total. The molecule has 1 amide bonds. The lowest BCUT2D eigenvalue weighted by Crippen LogP contribution is -2.30. The maximum Gasteiger partial charge on any atom is 0.226 e. The van der Waals surface area contributed by atoms with Gasteiger partial charge in [0.2, 0.25) is 15.9 Å². The third kappa shape index (κ3) is 5.79. The third-order valence-corrected chi connectivity index (χ3v) is 4.46. The Kier molecular flexibility index (Phi) is 6.23. The van der Waals surface area contributed by atoms with Crippen LogP contribution < -0.4 is 10.0 Å². The standard InChI is InChI=1S/C16H16Cl2N2O3S/c1-24(22,23)20-15(11-6-8-12(17)9-7-11)10-16(21)19-14-5-3-2-4-13(14)18/h2-9,15,20H,10H2,1H3,(H,19,21). The van der Waals surface area contributed by atoms with Crippen LogP contribution in [0, 0.1) is 0 Å². The molecular formula is C16H16Cl2N2O3S. The molecule has 2 aromatic rings. The molecule has 0 radical (unpaired) electrons. The van der Waals surface area contributed by atoms with Crippen molar-refractivity contribution in [1.82, 2.24) is 4.72 Å². The van der Waals surface area contributed by atoms with Gasteiger partial charge < -0.3 is 5.32 Å². The Morgan fingerprint density at radius 3 is 2.29 bits per heavy atom. The van der Waals surface area contributed by atoms with Crippen molar-refractivity contribution in [3.05, 3.63) is 64.1 Å². The van der Waals surface area contributed by atoms with E-state index in [-0.39, 0.29) is 12.3 Å². The van der Waals surface area contributed by atoms with Crippen LogP contribution in [0.4, 0.5) is 5.69 Å². The van der Waals surface area contributed by atoms with E-state index in [1.165, 1.54) is 0 Å². The molecule has 0 aromatic heterocycles. The lowest BCUT2D eigenvalue weighted by Gasteiger charge is -2.18. The number of hydrogen-bond acceptors (Lipinski definition) is 3. The summed E-state index contributed by atoms with van der Waals surface area (Å²) in [7, 11) is -3.50. The van der Waals surface area contributed by atoms with Crippen LogP contribution in [0.15, 0.2) is 48.5 Å². The quantitative estimate of drug-likeness (QED) is 0.795. The summed E-state index contributed by atoms with van der Waals surface area (Å²) in [4.78, 5) is 12.3. The largest absolute Gasteiger partial charge is 0.325 e. The van der Waals surface area contributed by atoms with E-state index in [0.29, 0.717) is 21.3 Å². The zero-order chi connectivity index (χ0) is 17.7. The molecular weight excluding hydrogens is 371 g/mol. The highest BCUT2D eigenvalue weighted by atomic mass is 35.5. The fraction of sp³-hybridized carbons (Fsp3) is 0.188. The molecule has 2 rings (SSSR count). The van der Waals surface area contributed by atoms with Gasteiger partial charge in [0.1, 0.15) is 0 Å². The van der Waals surface area contributed by atoms with Gasteiger partial charge in [-0.1, -0.05) is 47.5 Å². The van der Waals surface area contributed by atoms with Crippen molar-refractivity contribution in [2.24, 2.45) is 0 Å². The van der Waals surface area contributed by atoms with E-state index in [2.05, 4.69) is 10.0 Å². The number of anilines is 1. The van der Waals surface area contributed by atoms with Crippen LogP contribution in [0.25, 0.3) is 0 Å². The molecule has 128 valence electrons. The molecule has 1 unspecified atom stereocenters. The van der Waals surface area contributed by atoms with Crippen LogP contribution in [0.1, 0.15) is 18.0 Å². The zero-order valence-electron chi connectivity index (χ0n) is 12.8. The number of sulfonamides is 1. The minimum Gasteiger partial charge on any atom is -0.325 e. The summed E-state index contributed by atoms with van der Waals surface area (Å²) in [6.45, 7) is 0. The molecule has 0 aliphatic carbocycles. The molecule has 2 aromatic carbocycles. The van der Waals surface area contributed by atoms with Gasteiger partial charge in [0.05, 0.1) is 23.0 Å². The van der Waals surface area contributed by atoms with Crippen LogP contribution in [0.2, 0.25) is 10.0 Å². The molecule has 24 heavy (non-hydrogen) atoms. The number of carbonyl (C=O) groups is 1. The lowest BCUT2D eigenvalue weighted by atomic mass is 10.0. The minimum absolute atomic E-state index is 0.0834. The van der Waals surface area contributed by atoms with Gasteiger partial charge in [-0.2, -0.15) is 0 Å². The Balaban J connectivity index is 2.17. The summed E-state index contributed by atoms with van der Waals surface area (Å²) in [6.07, 6.45) is 0.960. The van der Waals surface area contributed by atoms with Crippen molar-refractivity contribution in [1.29, 1.82) is 0 Å². The van der Waals surface area contributed by atoms with E-state index < -0.39 is 16.1 Å². The second-order valence-electron chi connectivity index (χ2n) is 5.23. The van der Waals surface area contributed by atoms with Gasteiger partial charge in [-0.15, -0.1) is 0 Å². The van der Waals surface area contributed by atoms with Crippen molar-refractivity contribution >= 4 is 44.8 Å². The van der Waals surface area contributed by atoms with Crippen LogP contribution >= 0.6 is 23.2 Å². The van der Waals surface area contributed by atoms with Crippen LogP contribution in [-0.4, -0.2) is 20.6 Å². The highest BCUT2D eigenvalue weighted by molar-refractivity contribution is 7.88. The van der Waals surface area contributed by atoms with Gasteiger partial charge in [-0.3, -0.25) is 4.79 Å². The smallest absolute Gasteiger partial charge is 0.226 e. The molecule has 0 aliphatic rings. The molecule has 1 atom stereocenters. The lowest BCUT2D eigenvalue weighted by molar-refractivity contribution is -0.116. The minimum atomic E-state index is -3.50. The van der Waals surface area contributed by atoms with Crippen LogP contribution in [-0.2, 0) is 14.8 Å². The highest BCUT2D eigenvalue weighted by Crippen LogP contribution is 2.23. The average Bonchev–Trinajstić information content (AvgIpc) is 2.48. The summed E-state index contributed by atoms with van der Waals surface area (Å²) in [5, 5.41) is 3.61. The first kappa shape index (κ1) is 18.7. The Morgan fingerprint density at radius 2 is 1.71 bits per heavy atom. The van der Waals surface area contributed by atoms with E-state index in [1.54, 1.807) is 48.5 Å². The number of rotatable bonds is 6. The second-order valence-corrected chi connectivity index (χ2v) is 7.85. The van der Waals surface area contributed by atoms with Crippen LogP contribution in [0.5, 0.6) is 0 Å². The summed E-state index contributed by atoms with van der Waals surface area (Å²) >= 11 is 11.9. The molecule has 0 heterocycles. The van der Waals surface area contributed by atoms with E-state index in [0.717, 1.165) is 6.26 Å². The first-order chi connectivity index (χ1) is 11.2. The van der Waals surface area contributed by atoms with Gasteiger partial charge in [0.15, 0.2) is 0 Å². The van der Waals surface area contributed by atoms with Crippen molar-refractivity contribution in [2.45, 2.75) is 12.5 Å². The van der Waals surface area contributed by atoms with E-state index in [4.69, 9.17) is 23.2 Å². The number of benzene rings is 2. The summed E-state index contributed by atoms with van der Waals surface area (Å²) in [5.74, 6) is -0.362. The molecule has 0 bridgehead atoms. The average molecular weight is 387 g/mol. The number of halogens is 2. The molecule has 0 fully saturated rings. The first-order valence-electron chi connectivity index (χ1n) is 7.02. The first-order valence-corrected chi connectivity index (χ1v) is 9.66. The Labute approximate surface area is 151 Å².